The van der Waals surface area contributed by atoms with E-state index in [2.05, 4.69) is 11.1 Å². The van der Waals surface area contributed by atoms with Crippen molar-refractivity contribution in [3.8, 4) is 17.7 Å². The number of aryl methyl sites for hydroxylation is 1. The zero-order chi connectivity index (χ0) is 13.0. The quantitative estimate of drug-likeness (QED) is 0.784. The predicted molar refractivity (Wildman–Crippen MR) is 72.0 cm³/mol. The second-order valence-electron chi connectivity index (χ2n) is 3.69. The predicted octanol–water partition coefficient (Wildman–Crippen LogP) is 3.78. The van der Waals surface area contributed by atoms with Gasteiger partial charge in [0.25, 0.3) is 0 Å². The normalized spacial score (nSPS) is 9.83. The summed E-state index contributed by atoms with van der Waals surface area (Å²) in [4.78, 5) is 5.40. The van der Waals surface area contributed by atoms with Gasteiger partial charge in [0.05, 0.1) is 0 Å². The maximum absolute atomic E-state index is 9.00. The Balaban J connectivity index is 2.27. The zero-order valence-corrected chi connectivity index (χ0v) is 11.0. The van der Waals surface area contributed by atoms with Crippen LogP contribution in [0, 0.1) is 18.3 Å². The molecule has 0 aliphatic rings. The molecule has 1 heterocycles. The molecule has 3 nitrogen and oxygen atoms in total. The Morgan fingerprint density at radius 3 is 2.50 bits per heavy atom. The SMILES string of the molecule is CSc1ccc(Oc2nc(C)ccc2C#N)cc1. The molecule has 4 heteroatoms. The minimum absolute atomic E-state index is 0.356. The van der Waals surface area contributed by atoms with Gasteiger partial charge in [0.1, 0.15) is 17.4 Å². The van der Waals surface area contributed by atoms with E-state index in [1.807, 2.05) is 37.4 Å². The van der Waals surface area contributed by atoms with Gasteiger partial charge in [-0.15, -0.1) is 11.8 Å². The van der Waals surface area contributed by atoms with Gasteiger partial charge in [-0.1, -0.05) is 0 Å². The molecule has 1 aromatic carbocycles. The molecular weight excluding hydrogens is 244 g/mol. The Morgan fingerprint density at radius 1 is 1.17 bits per heavy atom. The van der Waals surface area contributed by atoms with Gasteiger partial charge >= 0.3 is 0 Å². The van der Waals surface area contributed by atoms with Crippen LogP contribution in [-0.4, -0.2) is 11.2 Å². The number of benzene rings is 1. The van der Waals surface area contributed by atoms with Crippen LogP contribution in [0.15, 0.2) is 41.3 Å². The second kappa shape index (κ2) is 5.56. The van der Waals surface area contributed by atoms with Gasteiger partial charge in [-0.3, -0.25) is 0 Å². The molecule has 0 bridgehead atoms. The molecule has 0 unspecified atom stereocenters. The summed E-state index contributed by atoms with van der Waals surface area (Å²) in [6, 6.07) is 13.3. The van der Waals surface area contributed by atoms with Crippen molar-refractivity contribution >= 4 is 11.8 Å². The monoisotopic (exact) mass is 256 g/mol. The van der Waals surface area contributed by atoms with Crippen molar-refractivity contribution in [1.29, 1.82) is 5.26 Å². The zero-order valence-electron chi connectivity index (χ0n) is 10.2. The summed E-state index contributed by atoms with van der Waals surface area (Å²) in [5.41, 5.74) is 1.26. The number of nitriles is 1. The third-order valence-electron chi connectivity index (χ3n) is 2.39. The van der Waals surface area contributed by atoms with Gasteiger partial charge < -0.3 is 4.74 Å². The van der Waals surface area contributed by atoms with Crippen LogP contribution in [0.3, 0.4) is 0 Å². The van der Waals surface area contributed by atoms with E-state index >= 15 is 0 Å². The molecule has 2 aromatic rings. The van der Waals surface area contributed by atoms with Gasteiger partial charge in [0.2, 0.25) is 5.88 Å². The van der Waals surface area contributed by atoms with E-state index in [-0.39, 0.29) is 0 Å². The fraction of sp³-hybridized carbons (Fsp3) is 0.143. The molecule has 0 N–H and O–H groups in total. The second-order valence-corrected chi connectivity index (χ2v) is 4.57. The van der Waals surface area contributed by atoms with Gasteiger partial charge in [0, 0.05) is 10.6 Å². The first-order valence-electron chi connectivity index (χ1n) is 5.42. The highest BCUT2D eigenvalue weighted by Gasteiger charge is 2.06. The minimum Gasteiger partial charge on any atom is -0.438 e. The first kappa shape index (κ1) is 12.5. The molecule has 0 spiro atoms. The summed E-state index contributed by atoms with van der Waals surface area (Å²) in [5.74, 6) is 1.04. The largest absolute Gasteiger partial charge is 0.438 e. The van der Waals surface area contributed by atoms with Crippen molar-refractivity contribution in [2.75, 3.05) is 6.26 Å². The summed E-state index contributed by atoms with van der Waals surface area (Å²) < 4.78 is 5.64. The Kier molecular flexibility index (Phi) is 3.85. The summed E-state index contributed by atoms with van der Waals surface area (Å²) in [5, 5.41) is 9.00. The maximum Gasteiger partial charge on any atom is 0.237 e. The van der Waals surface area contributed by atoms with E-state index in [1.165, 1.54) is 4.90 Å². The average molecular weight is 256 g/mol. The van der Waals surface area contributed by atoms with E-state index in [0.29, 0.717) is 17.2 Å². The average Bonchev–Trinajstić information content (AvgIpc) is 2.40. The molecule has 1 aromatic heterocycles. The van der Waals surface area contributed by atoms with Crippen molar-refractivity contribution in [3.05, 3.63) is 47.7 Å². The third kappa shape index (κ3) is 2.82. The molecule has 90 valence electrons. The van der Waals surface area contributed by atoms with E-state index < -0.39 is 0 Å². The van der Waals surface area contributed by atoms with Crippen LogP contribution in [0.4, 0.5) is 0 Å². The van der Waals surface area contributed by atoms with Gasteiger partial charge in [-0.05, 0) is 49.6 Å². The van der Waals surface area contributed by atoms with E-state index in [9.17, 15) is 0 Å². The van der Waals surface area contributed by atoms with Crippen LogP contribution >= 0.6 is 11.8 Å². The standard InChI is InChI=1S/C14H12N2OS/c1-10-3-4-11(9-15)14(16-10)17-12-5-7-13(18-2)8-6-12/h3-8H,1-2H3. The fourth-order valence-electron chi connectivity index (χ4n) is 1.45. The smallest absolute Gasteiger partial charge is 0.237 e. The summed E-state index contributed by atoms with van der Waals surface area (Å²) in [6.45, 7) is 1.87. The van der Waals surface area contributed by atoms with Crippen molar-refractivity contribution in [2.24, 2.45) is 0 Å². The molecule has 2 rings (SSSR count). The number of rotatable bonds is 3. The number of hydrogen-bond donors (Lipinski definition) is 0. The number of pyridine rings is 1. The Labute approximate surface area is 110 Å². The molecule has 0 fully saturated rings. The van der Waals surface area contributed by atoms with Crippen LogP contribution < -0.4 is 4.74 Å². The topological polar surface area (TPSA) is 45.9 Å². The number of ether oxygens (including phenoxy) is 1. The van der Waals surface area contributed by atoms with E-state index in [0.717, 1.165) is 5.69 Å². The molecule has 0 saturated heterocycles. The summed E-state index contributed by atoms with van der Waals surface area (Å²) in [6.07, 6.45) is 2.02. The third-order valence-corrected chi connectivity index (χ3v) is 3.14. The van der Waals surface area contributed by atoms with Crippen molar-refractivity contribution < 1.29 is 4.74 Å². The maximum atomic E-state index is 9.00. The van der Waals surface area contributed by atoms with Crippen molar-refractivity contribution in [3.63, 3.8) is 0 Å². The molecular formula is C14H12N2OS. The number of thioether (sulfide) groups is 1. The highest BCUT2D eigenvalue weighted by atomic mass is 32.2. The molecule has 0 radical (unpaired) electrons. The minimum atomic E-state index is 0.356. The van der Waals surface area contributed by atoms with Crippen molar-refractivity contribution in [2.45, 2.75) is 11.8 Å². The van der Waals surface area contributed by atoms with Crippen molar-refractivity contribution in [1.82, 2.24) is 4.98 Å². The Morgan fingerprint density at radius 2 is 1.89 bits per heavy atom. The fourth-order valence-corrected chi connectivity index (χ4v) is 1.86. The van der Waals surface area contributed by atoms with Crippen LogP contribution in [0.5, 0.6) is 11.6 Å². The molecule has 0 aliphatic heterocycles. The lowest BCUT2D eigenvalue weighted by Gasteiger charge is -2.07. The lowest BCUT2D eigenvalue weighted by atomic mass is 10.2. The Hall–Kier alpha value is -1.99. The first-order chi connectivity index (χ1) is 8.72. The first-order valence-corrected chi connectivity index (χ1v) is 6.65. The lowest BCUT2D eigenvalue weighted by Crippen LogP contribution is -1.93. The van der Waals surface area contributed by atoms with E-state index in [4.69, 9.17) is 10.00 Å². The van der Waals surface area contributed by atoms with Crippen LogP contribution in [0.25, 0.3) is 0 Å². The number of nitrogens with zero attached hydrogens (tertiary/aromatic N) is 2. The highest BCUT2D eigenvalue weighted by molar-refractivity contribution is 7.98. The van der Waals surface area contributed by atoms with Gasteiger partial charge in [-0.25, -0.2) is 4.98 Å². The Bertz CT molecular complexity index is 588. The summed E-state index contributed by atoms with van der Waals surface area (Å²) >= 11 is 1.67. The lowest BCUT2D eigenvalue weighted by molar-refractivity contribution is 0.459. The van der Waals surface area contributed by atoms with Crippen LogP contribution in [0.2, 0.25) is 0 Å². The number of aromatic nitrogens is 1. The molecule has 0 atom stereocenters. The molecule has 0 aliphatic carbocycles. The van der Waals surface area contributed by atoms with Gasteiger partial charge in [-0.2, -0.15) is 5.26 Å². The number of hydrogen-bond acceptors (Lipinski definition) is 4. The summed E-state index contributed by atoms with van der Waals surface area (Å²) in [7, 11) is 0. The van der Waals surface area contributed by atoms with E-state index in [1.54, 1.807) is 23.9 Å². The van der Waals surface area contributed by atoms with Crippen LogP contribution in [0.1, 0.15) is 11.3 Å². The molecule has 0 amide bonds. The highest BCUT2D eigenvalue weighted by Crippen LogP contribution is 2.25. The molecule has 18 heavy (non-hydrogen) atoms. The van der Waals surface area contributed by atoms with Gasteiger partial charge in [0.15, 0.2) is 0 Å². The van der Waals surface area contributed by atoms with Crippen LogP contribution in [-0.2, 0) is 0 Å². The molecule has 0 saturated carbocycles.